The Labute approximate surface area is 322 Å². The summed E-state index contributed by atoms with van der Waals surface area (Å²) >= 11 is 1.83. The van der Waals surface area contributed by atoms with E-state index in [1.807, 2.05) is 17.4 Å². The molecule has 0 spiro atoms. The fourth-order valence-corrected chi connectivity index (χ4v) is 9.17. The van der Waals surface area contributed by atoms with Gasteiger partial charge >= 0.3 is 0 Å². The van der Waals surface area contributed by atoms with E-state index in [2.05, 4.69) is 198 Å². The van der Waals surface area contributed by atoms with E-state index in [4.69, 9.17) is 9.97 Å². The van der Waals surface area contributed by atoms with Crippen LogP contribution in [0.5, 0.6) is 0 Å². The Morgan fingerprint density at radius 1 is 0.400 bits per heavy atom. The summed E-state index contributed by atoms with van der Waals surface area (Å²) in [6.45, 7) is 0. The normalized spacial score (nSPS) is 12.3. The minimum absolute atomic E-state index is 0.703. The Morgan fingerprint density at radius 2 is 1.00 bits per heavy atom. The highest BCUT2D eigenvalue weighted by Gasteiger charge is 2.33. The molecule has 0 atom stereocenters. The fourth-order valence-electron chi connectivity index (χ4n) is 7.95. The second-order valence-electron chi connectivity index (χ2n) is 13.8. The molecule has 258 valence electrons. The van der Waals surface area contributed by atoms with Crippen LogP contribution in [-0.2, 0) is 0 Å². The van der Waals surface area contributed by atoms with E-state index in [0.717, 1.165) is 50.5 Å². The summed E-state index contributed by atoms with van der Waals surface area (Å²) in [6, 6.07) is 69.0. The molecular weight excluding hydrogens is 689 g/mol. The Morgan fingerprint density at radius 3 is 1.80 bits per heavy atom. The molecule has 0 fully saturated rings. The molecule has 10 aromatic rings. The molecular formula is C50H32N4S. The molecule has 0 saturated heterocycles. The molecule has 0 bridgehead atoms. The van der Waals surface area contributed by atoms with Crippen LogP contribution in [0.25, 0.3) is 65.5 Å². The maximum Gasteiger partial charge on any atom is 0.160 e. The first-order chi connectivity index (χ1) is 27.3. The van der Waals surface area contributed by atoms with Crippen LogP contribution >= 0.6 is 11.3 Å². The van der Waals surface area contributed by atoms with Crippen LogP contribution in [0.3, 0.4) is 0 Å². The van der Waals surface area contributed by atoms with Crippen LogP contribution < -0.4 is 9.80 Å². The van der Waals surface area contributed by atoms with E-state index < -0.39 is 0 Å². The first-order valence-electron chi connectivity index (χ1n) is 18.5. The predicted octanol–water partition coefficient (Wildman–Crippen LogP) is 14.3. The van der Waals surface area contributed by atoms with Gasteiger partial charge in [0.25, 0.3) is 0 Å². The fraction of sp³-hybridized carbons (Fsp3) is 0. The van der Waals surface area contributed by atoms with Crippen molar-refractivity contribution >= 4 is 76.5 Å². The standard InChI is InChI=1S/C50H32N4S/c1-3-13-33(14-4-1)36-25-23-34-24-26-37(32-38(34)31-36)47-41-17-7-9-19-43(41)51-49(52-47)35-27-29-40(30-28-35)53-44-20-10-11-21-45(44)54(39-15-5-2-6-16-39)50-48(53)42-18-8-12-22-46(42)55-50/h1-32H. The molecule has 3 heterocycles. The number of fused-ring (bicyclic) bond motifs is 6. The second-order valence-corrected chi connectivity index (χ2v) is 14.9. The van der Waals surface area contributed by atoms with E-state index in [-0.39, 0.29) is 0 Å². The minimum Gasteiger partial charge on any atom is -0.305 e. The number of rotatable bonds is 5. The third-order valence-corrected chi connectivity index (χ3v) is 11.7. The van der Waals surface area contributed by atoms with Crippen molar-refractivity contribution in [2.75, 3.05) is 9.80 Å². The molecule has 0 amide bonds. The van der Waals surface area contributed by atoms with Crippen molar-refractivity contribution in [2.45, 2.75) is 0 Å². The lowest BCUT2D eigenvalue weighted by atomic mass is 9.98. The smallest absolute Gasteiger partial charge is 0.160 e. The van der Waals surface area contributed by atoms with Crippen LogP contribution in [0.4, 0.5) is 33.4 Å². The van der Waals surface area contributed by atoms with Crippen molar-refractivity contribution in [3.05, 3.63) is 194 Å². The Balaban J connectivity index is 1.03. The van der Waals surface area contributed by atoms with Gasteiger partial charge in [0, 0.05) is 38.0 Å². The summed E-state index contributed by atoms with van der Waals surface area (Å²) < 4.78 is 1.25. The lowest BCUT2D eigenvalue weighted by Gasteiger charge is -2.38. The van der Waals surface area contributed by atoms with Gasteiger partial charge in [-0.05, 0) is 94.7 Å². The maximum absolute atomic E-state index is 5.29. The lowest BCUT2D eigenvalue weighted by molar-refractivity contribution is 1.20. The second kappa shape index (κ2) is 12.8. The predicted molar refractivity (Wildman–Crippen MR) is 232 cm³/mol. The Hall–Kier alpha value is -7.08. The average Bonchev–Trinajstić information content (AvgIpc) is 3.64. The maximum atomic E-state index is 5.29. The molecule has 4 nitrogen and oxygen atoms in total. The van der Waals surface area contributed by atoms with E-state index in [9.17, 15) is 0 Å². The average molecular weight is 721 g/mol. The van der Waals surface area contributed by atoms with Gasteiger partial charge in [0.15, 0.2) is 5.82 Å². The molecule has 55 heavy (non-hydrogen) atoms. The van der Waals surface area contributed by atoms with Gasteiger partial charge in [-0.1, -0.05) is 121 Å². The number of para-hydroxylation sites is 4. The number of hydrogen-bond donors (Lipinski definition) is 0. The summed E-state index contributed by atoms with van der Waals surface area (Å²) in [5, 5.41) is 5.84. The van der Waals surface area contributed by atoms with Crippen molar-refractivity contribution in [1.82, 2.24) is 9.97 Å². The van der Waals surface area contributed by atoms with Gasteiger partial charge in [-0.25, -0.2) is 9.97 Å². The SMILES string of the molecule is c1ccc(-c2ccc3ccc(-c4nc(-c5ccc(N6c7ccccc7N(c7ccccc7)c7sc8ccccc8c76)cc5)nc5ccccc45)cc3c2)cc1. The molecule has 0 aliphatic carbocycles. The lowest BCUT2D eigenvalue weighted by Crippen LogP contribution is -2.22. The molecule has 1 aliphatic heterocycles. The zero-order valence-corrected chi connectivity index (χ0v) is 30.5. The number of nitrogens with zero attached hydrogens (tertiary/aromatic N) is 4. The monoisotopic (exact) mass is 720 g/mol. The first kappa shape index (κ1) is 31.4. The van der Waals surface area contributed by atoms with Crippen molar-refractivity contribution in [3.63, 3.8) is 0 Å². The summed E-state index contributed by atoms with van der Waals surface area (Å²) in [7, 11) is 0. The van der Waals surface area contributed by atoms with Gasteiger partial charge in [-0.3, -0.25) is 4.90 Å². The highest BCUT2D eigenvalue weighted by atomic mass is 32.1. The van der Waals surface area contributed by atoms with Crippen molar-refractivity contribution in [1.29, 1.82) is 0 Å². The Kier molecular flexibility index (Phi) is 7.32. The molecule has 2 aromatic heterocycles. The highest BCUT2D eigenvalue weighted by Crippen LogP contribution is 2.59. The highest BCUT2D eigenvalue weighted by molar-refractivity contribution is 7.24. The van der Waals surface area contributed by atoms with Crippen molar-refractivity contribution in [3.8, 4) is 33.8 Å². The zero-order chi connectivity index (χ0) is 36.3. The van der Waals surface area contributed by atoms with Crippen LogP contribution in [0.1, 0.15) is 0 Å². The van der Waals surface area contributed by atoms with Gasteiger partial charge < -0.3 is 4.90 Å². The molecule has 0 saturated carbocycles. The molecule has 0 unspecified atom stereocenters. The van der Waals surface area contributed by atoms with Gasteiger partial charge in [0.2, 0.25) is 0 Å². The third-order valence-electron chi connectivity index (χ3n) is 10.6. The summed E-state index contributed by atoms with van der Waals surface area (Å²) in [6.07, 6.45) is 0. The number of hydrogen-bond acceptors (Lipinski definition) is 5. The van der Waals surface area contributed by atoms with Crippen LogP contribution in [0.15, 0.2) is 194 Å². The first-order valence-corrected chi connectivity index (χ1v) is 19.3. The van der Waals surface area contributed by atoms with Gasteiger partial charge in [-0.2, -0.15) is 0 Å². The van der Waals surface area contributed by atoms with Gasteiger partial charge in [-0.15, -0.1) is 11.3 Å². The topological polar surface area (TPSA) is 32.3 Å². The number of aromatic nitrogens is 2. The molecule has 1 aliphatic rings. The van der Waals surface area contributed by atoms with E-state index in [0.29, 0.717) is 5.82 Å². The Bertz CT molecular complexity index is 3050. The van der Waals surface area contributed by atoms with Crippen molar-refractivity contribution in [2.24, 2.45) is 0 Å². The zero-order valence-electron chi connectivity index (χ0n) is 29.7. The minimum atomic E-state index is 0.703. The van der Waals surface area contributed by atoms with Crippen molar-refractivity contribution < 1.29 is 0 Å². The molecule has 0 N–H and O–H groups in total. The number of benzene rings is 8. The van der Waals surface area contributed by atoms with E-state index >= 15 is 0 Å². The molecule has 8 aromatic carbocycles. The van der Waals surface area contributed by atoms with E-state index in [1.54, 1.807) is 0 Å². The largest absolute Gasteiger partial charge is 0.305 e. The van der Waals surface area contributed by atoms with E-state index in [1.165, 1.54) is 42.7 Å². The van der Waals surface area contributed by atoms with Gasteiger partial charge in [0.1, 0.15) is 5.00 Å². The summed E-state index contributed by atoms with van der Waals surface area (Å²) in [5.74, 6) is 0.703. The molecule has 5 heteroatoms. The summed E-state index contributed by atoms with van der Waals surface area (Å²) in [5.41, 5.74) is 12.0. The molecule has 11 rings (SSSR count). The van der Waals surface area contributed by atoms with Crippen LogP contribution in [0, 0.1) is 0 Å². The molecule has 0 radical (unpaired) electrons. The van der Waals surface area contributed by atoms with Crippen LogP contribution in [-0.4, -0.2) is 9.97 Å². The number of thiophene rings is 1. The number of anilines is 6. The summed E-state index contributed by atoms with van der Waals surface area (Å²) in [4.78, 5) is 15.2. The van der Waals surface area contributed by atoms with Crippen LogP contribution in [0.2, 0.25) is 0 Å². The third kappa shape index (κ3) is 5.28. The van der Waals surface area contributed by atoms with Gasteiger partial charge in [0.05, 0.1) is 28.3 Å². The quantitative estimate of drug-likeness (QED) is 0.177.